The van der Waals surface area contributed by atoms with E-state index in [4.69, 9.17) is 0 Å². The topological polar surface area (TPSA) is 319 Å². The van der Waals surface area contributed by atoms with Gasteiger partial charge in [-0.25, -0.2) is 92.9 Å². The van der Waals surface area contributed by atoms with Crippen molar-refractivity contribution in [3.05, 3.63) is 144 Å². The van der Waals surface area contributed by atoms with Crippen LogP contribution in [0.4, 0.5) is 104 Å². The summed E-state index contributed by atoms with van der Waals surface area (Å²) in [6.45, 7) is 0. The number of alkyl halides is 12. The number of fused-ring (bicyclic) bond motifs is 3. The number of carbonyl (C=O) groups excluding carboxylic acids is 3. The van der Waals surface area contributed by atoms with Gasteiger partial charge in [0.2, 0.25) is 0 Å². The Hall–Kier alpha value is -10.8. The molecule has 0 radical (unpaired) electrons. The lowest BCUT2D eigenvalue weighted by molar-refractivity contribution is -0.122. The summed E-state index contributed by atoms with van der Waals surface area (Å²) in [4.78, 5) is 61.3. The van der Waals surface area contributed by atoms with Crippen LogP contribution in [0, 0.1) is 17.8 Å². The van der Waals surface area contributed by atoms with Crippen LogP contribution in [0.25, 0.3) is 33.8 Å². The molecular weight excluding hydrogens is 1540 g/mol. The van der Waals surface area contributed by atoms with Crippen LogP contribution in [-0.2, 0) is 104 Å². The minimum atomic E-state index is -3.77. The first-order valence-corrected chi connectivity index (χ1v) is 39.3. The lowest BCUT2D eigenvalue weighted by Crippen LogP contribution is -2.13. The Bertz CT molecular complexity index is 5250. The van der Waals surface area contributed by atoms with Crippen molar-refractivity contribution in [2.45, 2.75) is 110 Å². The number of ketones is 3. The van der Waals surface area contributed by atoms with Crippen LogP contribution < -0.4 is 16.0 Å². The predicted octanol–water partition coefficient (Wildman–Crippen LogP) is 12.9. The fraction of sp³-hybridized carbons (Fsp3) is 0.333. The van der Waals surface area contributed by atoms with Gasteiger partial charge in [0.15, 0.2) is 29.5 Å². The highest BCUT2D eigenvalue weighted by atomic mass is 32.2. The van der Waals surface area contributed by atoms with Crippen molar-refractivity contribution in [3.63, 3.8) is 0 Å². The van der Waals surface area contributed by atoms with Gasteiger partial charge in [-0.3, -0.25) is 43.4 Å². The molecule has 15 rings (SSSR count). The van der Waals surface area contributed by atoms with E-state index in [-0.39, 0.29) is 119 Å². The molecule has 24 nitrogen and oxygen atoms in total. The number of halogens is 12. The number of anilines is 6. The molecule has 3 saturated carbocycles. The number of pyridine rings is 3. The molecule has 3 atom stereocenters. The molecule has 1 unspecified atom stereocenters. The molecule has 3 aliphatic carbocycles. The minimum absolute atomic E-state index is 0.0764. The van der Waals surface area contributed by atoms with Gasteiger partial charge < -0.3 is 16.0 Å². The number of rotatable bonds is 24. The number of nitrogens with zero attached hydrogens (tertiary/aromatic N) is 12. The SMILES string of the molecule is Cn1ccc(-c2ccc(Nc3cc(CC(=O)C4CC4(F)F)nc4c3N=C(C(F)F)C4)c(S(C)(=O)=O)c2)n1.Cn1ccc(-c2ccc(Nc3cc(CC(=O)[C@@H]4CC4(F)F)nc4c3N=C(C(F)F)C4)c(S(C)(=O)=O)c2)n1.Cn1ccc(-c2ccc(Nc3cc(CC(=O)[C@H]4CC4(F)F)nc4c3N=C(C(F)F)C4)c(S(C)(=O)=O)c2)n1. The first-order valence-electron chi connectivity index (χ1n) is 33.7. The zero-order valence-corrected chi connectivity index (χ0v) is 61.5. The first kappa shape index (κ1) is 78.3. The number of carbonyl (C=O) groups is 3. The van der Waals surface area contributed by atoms with Gasteiger partial charge in [0, 0.05) is 133 Å². The summed E-state index contributed by atoms with van der Waals surface area (Å²) >= 11 is 0. The Labute approximate surface area is 624 Å². The largest absolute Gasteiger partial charge is 0.353 e. The van der Waals surface area contributed by atoms with Gasteiger partial charge in [0.1, 0.15) is 34.4 Å². The molecule has 3 aromatic carbocycles. The van der Waals surface area contributed by atoms with E-state index in [0.717, 1.165) is 18.8 Å². The maximum absolute atomic E-state index is 13.4. The van der Waals surface area contributed by atoms with Gasteiger partial charge in [-0.2, -0.15) is 15.3 Å². The molecule has 0 amide bonds. The fourth-order valence-corrected chi connectivity index (χ4v) is 15.3. The van der Waals surface area contributed by atoms with E-state index in [1.165, 1.54) is 54.6 Å². The quantitative estimate of drug-likeness (QED) is 0.0473. The highest BCUT2D eigenvalue weighted by Crippen LogP contribution is 2.52. The molecule has 111 heavy (non-hydrogen) atoms. The number of hydrogen-bond acceptors (Lipinski definition) is 21. The molecule has 9 aromatic rings. The summed E-state index contributed by atoms with van der Waals surface area (Å²) in [6, 6.07) is 23.0. The summed E-state index contributed by atoms with van der Waals surface area (Å²) in [5.74, 6) is -15.4. The standard InChI is InChI=1S/3C24H21F4N5O3S/c3*1-33-6-5-15(32-33)12-3-4-16(21(7-12)37(2,35)36)30-17-8-13(9-20(34)14-11-24(14,27)28)29-18-10-19(23(25)26)31-22(17)18/h3*3-8,14,23H,9-11H2,1-2H3,(H,29,30)/t2*14-;/m10./s1. The Morgan fingerprint density at radius 2 is 0.649 bits per heavy atom. The fourth-order valence-electron chi connectivity index (χ4n) is 12.7. The van der Waals surface area contributed by atoms with Gasteiger partial charge >= 0.3 is 0 Å². The van der Waals surface area contributed by atoms with Crippen molar-refractivity contribution in [1.82, 2.24) is 44.3 Å². The highest BCUT2D eigenvalue weighted by molar-refractivity contribution is 7.91. The molecule has 3 aliphatic heterocycles. The van der Waals surface area contributed by atoms with Crippen molar-refractivity contribution in [2.24, 2.45) is 53.9 Å². The van der Waals surface area contributed by atoms with E-state index >= 15 is 0 Å². The van der Waals surface area contributed by atoms with E-state index in [9.17, 15) is 92.3 Å². The number of aliphatic imine (C=N–C) groups is 3. The maximum Gasteiger partial charge on any atom is 0.277 e. The van der Waals surface area contributed by atoms with E-state index in [1.54, 1.807) is 90.2 Å². The number of aromatic nitrogens is 9. The third-order valence-corrected chi connectivity index (χ3v) is 22.0. The van der Waals surface area contributed by atoms with Crippen molar-refractivity contribution in [3.8, 4) is 33.8 Å². The Balaban J connectivity index is 0.000000146. The lowest BCUT2D eigenvalue weighted by Gasteiger charge is -2.15. The van der Waals surface area contributed by atoms with Crippen LogP contribution in [0.5, 0.6) is 0 Å². The van der Waals surface area contributed by atoms with E-state index in [0.29, 0.717) is 33.8 Å². The summed E-state index contributed by atoms with van der Waals surface area (Å²) in [5.41, 5.74) is 3.81. The third kappa shape index (κ3) is 17.4. The van der Waals surface area contributed by atoms with Crippen molar-refractivity contribution in [2.75, 3.05) is 34.7 Å². The number of aryl methyl sites for hydroxylation is 3. The van der Waals surface area contributed by atoms with Gasteiger partial charge in [-0.15, -0.1) is 0 Å². The van der Waals surface area contributed by atoms with Crippen molar-refractivity contribution >= 4 is 115 Å². The summed E-state index contributed by atoms with van der Waals surface area (Å²) in [5, 5.41) is 21.7. The van der Waals surface area contributed by atoms with Crippen LogP contribution >= 0.6 is 0 Å². The van der Waals surface area contributed by atoms with Crippen LogP contribution in [0.3, 0.4) is 0 Å². The molecule has 6 aromatic heterocycles. The number of nitrogens with one attached hydrogen (secondary N) is 3. The second-order valence-corrected chi connectivity index (χ2v) is 33.5. The molecule has 0 bridgehead atoms. The lowest BCUT2D eigenvalue weighted by atomic mass is 10.1. The van der Waals surface area contributed by atoms with Crippen LogP contribution in [-0.4, -0.2) is 160 Å². The molecule has 582 valence electrons. The van der Waals surface area contributed by atoms with Gasteiger partial charge in [-0.1, -0.05) is 18.2 Å². The second kappa shape index (κ2) is 29.1. The summed E-state index contributed by atoms with van der Waals surface area (Å²) in [6.07, 6.45) is -3.98. The van der Waals surface area contributed by atoms with E-state index < -0.39 is 157 Å². The zero-order valence-electron chi connectivity index (χ0n) is 59.0. The van der Waals surface area contributed by atoms with Crippen molar-refractivity contribution < 1.29 is 92.3 Å². The van der Waals surface area contributed by atoms with Gasteiger partial charge in [-0.05, 0) is 72.8 Å². The number of sulfone groups is 3. The number of benzene rings is 3. The average Bonchev–Trinajstić information content (AvgIpc) is 1.69. The van der Waals surface area contributed by atoms with Crippen LogP contribution in [0.2, 0.25) is 0 Å². The van der Waals surface area contributed by atoms with Gasteiger partial charge in [0.25, 0.3) is 37.0 Å². The van der Waals surface area contributed by atoms with Crippen LogP contribution in [0.15, 0.2) is 139 Å². The van der Waals surface area contributed by atoms with Crippen molar-refractivity contribution in [1.29, 1.82) is 0 Å². The van der Waals surface area contributed by atoms with E-state index in [1.807, 2.05) is 0 Å². The smallest absolute Gasteiger partial charge is 0.277 e. The number of Topliss-reactive ketones (excluding diaryl/α,β-unsaturated/α-hetero) is 3. The third-order valence-electron chi connectivity index (χ3n) is 18.6. The molecular formula is C72H63F12N15O9S3. The second-order valence-electron chi connectivity index (χ2n) is 27.5. The average molecular weight is 1610 g/mol. The monoisotopic (exact) mass is 1610 g/mol. The molecule has 9 heterocycles. The molecule has 6 aliphatic rings. The maximum atomic E-state index is 13.4. The summed E-state index contributed by atoms with van der Waals surface area (Å²) in [7, 11) is -6.13. The zero-order chi connectivity index (χ0) is 80.1. The molecule has 3 fully saturated rings. The number of hydrogen-bond donors (Lipinski definition) is 3. The molecule has 0 spiro atoms. The van der Waals surface area contributed by atoms with E-state index in [2.05, 4.69) is 61.2 Å². The first-order chi connectivity index (χ1) is 51.9. The molecule has 0 saturated heterocycles. The predicted molar refractivity (Wildman–Crippen MR) is 384 cm³/mol. The Morgan fingerprint density at radius 1 is 0.405 bits per heavy atom. The van der Waals surface area contributed by atoms with Crippen LogP contribution in [0.1, 0.15) is 53.4 Å². The highest BCUT2D eigenvalue weighted by Gasteiger charge is 2.62. The molecule has 3 N–H and O–H groups in total. The minimum Gasteiger partial charge on any atom is -0.353 e. The van der Waals surface area contributed by atoms with Gasteiger partial charge in [0.05, 0.1) is 135 Å². The Morgan fingerprint density at radius 3 is 0.847 bits per heavy atom. The summed E-state index contributed by atoms with van der Waals surface area (Å²) < 4.78 is 241. The Kier molecular flexibility index (Phi) is 20.5. The normalized spacial score (nSPS) is 18.0. The molecule has 39 heteroatoms.